The van der Waals surface area contributed by atoms with Gasteiger partial charge in [-0.05, 0) is 71.5 Å². The molecule has 0 unspecified atom stereocenters. The van der Waals surface area contributed by atoms with Crippen molar-refractivity contribution in [3.63, 3.8) is 0 Å². The summed E-state index contributed by atoms with van der Waals surface area (Å²) in [6.45, 7) is 1.92. The highest BCUT2D eigenvalue weighted by molar-refractivity contribution is 14.1. The number of nitro groups is 2. The Bertz CT molecular complexity index is 1300. The van der Waals surface area contributed by atoms with E-state index < -0.39 is 27.3 Å². The van der Waals surface area contributed by atoms with Gasteiger partial charge in [-0.15, -0.1) is 0 Å². The molecular formula is C22H15F3IN3O6. The smallest absolute Gasteiger partial charge is 0.416 e. The van der Waals surface area contributed by atoms with Crippen molar-refractivity contribution in [2.24, 2.45) is 4.99 Å². The minimum absolute atomic E-state index is 0.0732. The van der Waals surface area contributed by atoms with Gasteiger partial charge in [0.25, 0.3) is 5.69 Å². The van der Waals surface area contributed by atoms with E-state index in [9.17, 15) is 33.4 Å². The molecule has 0 bridgehead atoms. The van der Waals surface area contributed by atoms with Gasteiger partial charge < -0.3 is 9.47 Å². The first-order chi connectivity index (χ1) is 16.5. The summed E-state index contributed by atoms with van der Waals surface area (Å²) < 4.78 is 50.7. The first-order valence-corrected chi connectivity index (χ1v) is 10.9. The topological polar surface area (TPSA) is 117 Å². The summed E-state index contributed by atoms with van der Waals surface area (Å²) in [7, 11) is 0. The van der Waals surface area contributed by atoms with Gasteiger partial charge in [-0.2, -0.15) is 13.2 Å². The molecule has 3 aromatic carbocycles. The molecule has 0 N–H and O–H groups in total. The van der Waals surface area contributed by atoms with Crippen LogP contribution >= 0.6 is 22.6 Å². The van der Waals surface area contributed by atoms with Crippen molar-refractivity contribution in [1.29, 1.82) is 0 Å². The Balaban J connectivity index is 1.95. The van der Waals surface area contributed by atoms with Crippen LogP contribution in [0.1, 0.15) is 18.1 Å². The molecule has 0 spiro atoms. The molecule has 3 aromatic rings. The molecule has 0 radical (unpaired) electrons. The fourth-order valence-corrected chi connectivity index (χ4v) is 3.60. The van der Waals surface area contributed by atoms with Crippen LogP contribution in [0.2, 0.25) is 0 Å². The highest BCUT2D eigenvalue weighted by atomic mass is 127. The van der Waals surface area contributed by atoms with Crippen LogP contribution in [0.4, 0.5) is 30.2 Å². The molecule has 0 amide bonds. The van der Waals surface area contributed by atoms with E-state index in [1.165, 1.54) is 30.5 Å². The van der Waals surface area contributed by atoms with Crippen molar-refractivity contribution < 1.29 is 32.5 Å². The molecule has 0 saturated carbocycles. The maximum atomic E-state index is 13.0. The summed E-state index contributed by atoms with van der Waals surface area (Å²) >= 11 is 1.90. The molecule has 0 aliphatic carbocycles. The van der Waals surface area contributed by atoms with Crippen molar-refractivity contribution in [2.45, 2.75) is 13.1 Å². The highest BCUT2D eigenvalue weighted by Gasteiger charge is 2.33. The van der Waals surface area contributed by atoms with Crippen molar-refractivity contribution in [3.8, 4) is 17.2 Å². The minimum atomic E-state index is -4.75. The van der Waals surface area contributed by atoms with Crippen LogP contribution in [0.5, 0.6) is 17.2 Å². The number of alkyl halides is 3. The van der Waals surface area contributed by atoms with E-state index in [1.807, 2.05) is 22.6 Å². The number of halogens is 4. The van der Waals surface area contributed by atoms with Gasteiger partial charge in [0, 0.05) is 24.4 Å². The van der Waals surface area contributed by atoms with Gasteiger partial charge in [-0.1, -0.05) is 0 Å². The van der Waals surface area contributed by atoms with Crippen LogP contribution < -0.4 is 9.47 Å². The number of benzene rings is 3. The predicted octanol–water partition coefficient (Wildman–Crippen LogP) is 7.07. The van der Waals surface area contributed by atoms with Crippen LogP contribution in [-0.4, -0.2) is 22.7 Å². The van der Waals surface area contributed by atoms with Gasteiger partial charge in [0.2, 0.25) is 5.75 Å². The molecule has 0 atom stereocenters. The summed E-state index contributed by atoms with van der Waals surface area (Å²) in [6, 6.07) is 10.8. The number of nitrogens with zero attached hydrogens (tertiary/aromatic N) is 3. The summed E-state index contributed by atoms with van der Waals surface area (Å²) in [5, 5.41) is 22.2. The molecule has 0 fully saturated rings. The molecule has 0 heterocycles. The van der Waals surface area contributed by atoms with Crippen molar-refractivity contribution >= 4 is 45.9 Å². The molecule has 0 aliphatic rings. The number of non-ortho nitro benzene ring substituents is 1. The van der Waals surface area contributed by atoms with Gasteiger partial charge in [-0.3, -0.25) is 25.2 Å². The lowest BCUT2D eigenvalue weighted by atomic mass is 10.1. The fourth-order valence-electron chi connectivity index (χ4n) is 2.87. The number of aliphatic imine (C=N–C) groups is 1. The number of rotatable bonds is 8. The Kier molecular flexibility index (Phi) is 7.89. The van der Waals surface area contributed by atoms with Gasteiger partial charge in [0.1, 0.15) is 0 Å². The number of nitro benzene ring substituents is 2. The zero-order chi connectivity index (χ0) is 25.8. The Morgan fingerprint density at radius 1 is 1.00 bits per heavy atom. The average Bonchev–Trinajstić information content (AvgIpc) is 2.79. The SMILES string of the molecule is CCOc1cc(C=Nc2ccc([N+](=O)[O-])cc2)cc(I)c1Oc1ccc(C(F)(F)F)cc1[N+](=O)[O-]. The summed E-state index contributed by atoms with van der Waals surface area (Å²) in [5.74, 6) is -0.101. The molecule has 13 heteroatoms. The van der Waals surface area contributed by atoms with E-state index in [4.69, 9.17) is 9.47 Å². The Morgan fingerprint density at radius 2 is 1.69 bits per heavy atom. The fraction of sp³-hybridized carbons (Fsp3) is 0.136. The Morgan fingerprint density at radius 3 is 2.26 bits per heavy atom. The van der Waals surface area contributed by atoms with Crippen LogP contribution in [0.3, 0.4) is 0 Å². The summed E-state index contributed by atoms with van der Waals surface area (Å²) in [4.78, 5) is 24.9. The van der Waals surface area contributed by atoms with Gasteiger partial charge >= 0.3 is 11.9 Å². The summed E-state index contributed by atoms with van der Waals surface area (Å²) in [6.07, 6.45) is -3.27. The first kappa shape index (κ1) is 25.9. The quantitative estimate of drug-likeness (QED) is 0.118. The molecule has 3 rings (SSSR count). The van der Waals surface area contributed by atoms with E-state index in [1.54, 1.807) is 19.1 Å². The van der Waals surface area contributed by atoms with E-state index in [0.29, 0.717) is 27.0 Å². The number of hydrogen-bond donors (Lipinski definition) is 0. The highest BCUT2D eigenvalue weighted by Crippen LogP contribution is 2.42. The second-order valence-corrected chi connectivity index (χ2v) is 8.00. The maximum absolute atomic E-state index is 13.0. The van der Waals surface area contributed by atoms with E-state index in [0.717, 1.165) is 6.07 Å². The Labute approximate surface area is 209 Å². The van der Waals surface area contributed by atoms with Gasteiger partial charge in [0.15, 0.2) is 11.5 Å². The molecule has 0 saturated heterocycles. The van der Waals surface area contributed by atoms with Gasteiger partial charge in [0.05, 0.1) is 31.3 Å². The molecule has 0 aliphatic heterocycles. The van der Waals surface area contributed by atoms with Crippen molar-refractivity contribution in [1.82, 2.24) is 0 Å². The Hall–Kier alpha value is -3.75. The van der Waals surface area contributed by atoms with Crippen LogP contribution in [0.25, 0.3) is 0 Å². The minimum Gasteiger partial charge on any atom is -0.490 e. The van der Waals surface area contributed by atoms with E-state index in [2.05, 4.69) is 4.99 Å². The third-order valence-corrected chi connectivity index (χ3v) is 5.25. The third kappa shape index (κ3) is 6.44. The molecule has 182 valence electrons. The number of hydrogen-bond acceptors (Lipinski definition) is 7. The van der Waals surface area contributed by atoms with Crippen LogP contribution in [-0.2, 0) is 6.18 Å². The third-order valence-electron chi connectivity index (χ3n) is 4.45. The predicted molar refractivity (Wildman–Crippen MR) is 129 cm³/mol. The summed E-state index contributed by atoms with van der Waals surface area (Å²) in [5.41, 5.74) is -1.07. The first-order valence-electron chi connectivity index (χ1n) is 9.78. The molecule has 0 aromatic heterocycles. The van der Waals surface area contributed by atoms with Crippen LogP contribution in [0, 0.1) is 23.8 Å². The van der Waals surface area contributed by atoms with Gasteiger partial charge in [-0.25, -0.2) is 0 Å². The molecule has 9 nitrogen and oxygen atoms in total. The standard InChI is InChI=1S/C22H15F3IN3O6/c1-2-34-20-10-13(12-27-15-4-6-16(7-5-15)28(30)31)9-17(26)21(20)35-19-8-3-14(22(23,24)25)11-18(19)29(32)33/h3-12H,2H2,1H3. The second kappa shape index (κ2) is 10.7. The molecule has 35 heavy (non-hydrogen) atoms. The maximum Gasteiger partial charge on any atom is 0.416 e. The van der Waals surface area contributed by atoms with Crippen molar-refractivity contribution in [2.75, 3.05) is 6.61 Å². The monoisotopic (exact) mass is 601 g/mol. The second-order valence-electron chi connectivity index (χ2n) is 6.83. The van der Waals surface area contributed by atoms with Crippen LogP contribution in [0.15, 0.2) is 59.6 Å². The lowest BCUT2D eigenvalue weighted by Gasteiger charge is -2.15. The zero-order valence-electron chi connectivity index (χ0n) is 17.8. The number of ether oxygens (including phenoxy) is 2. The lowest BCUT2D eigenvalue weighted by molar-refractivity contribution is -0.385. The average molecular weight is 601 g/mol. The molecular weight excluding hydrogens is 586 g/mol. The largest absolute Gasteiger partial charge is 0.490 e. The van der Waals surface area contributed by atoms with Crippen molar-refractivity contribution in [3.05, 3.63) is 89.5 Å². The normalized spacial score (nSPS) is 11.5. The van der Waals surface area contributed by atoms with E-state index >= 15 is 0 Å². The zero-order valence-corrected chi connectivity index (χ0v) is 19.9. The lowest BCUT2D eigenvalue weighted by Crippen LogP contribution is -2.06. The van der Waals surface area contributed by atoms with E-state index in [-0.39, 0.29) is 29.5 Å².